The summed E-state index contributed by atoms with van der Waals surface area (Å²) in [5.41, 5.74) is 5.57. The topological polar surface area (TPSA) is 40.5 Å². The van der Waals surface area contributed by atoms with Crippen molar-refractivity contribution < 1.29 is 10.2 Å². The summed E-state index contributed by atoms with van der Waals surface area (Å²) in [4.78, 5) is 0. The first-order valence-electron chi connectivity index (χ1n) is 12.5. The van der Waals surface area contributed by atoms with Crippen LogP contribution in [-0.4, -0.2) is 10.2 Å². The number of hydrogen-bond acceptors (Lipinski definition) is 2. The number of phenols is 2. The van der Waals surface area contributed by atoms with Crippen molar-refractivity contribution in [1.82, 2.24) is 0 Å². The predicted octanol–water partition coefficient (Wildman–Crippen LogP) is 8.83. The second-order valence-corrected chi connectivity index (χ2v) is 13.8. The van der Waals surface area contributed by atoms with Crippen LogP contribution in [0.3, 0.4) is 0 Å². The van der Waals surface area contributed by atoms with Gasteiger partial charge in [-0.3, -0.25) is 0 Å². The smallest absolute Gasteiger partial charge is 0.123 e. The van der Waals surface area contributed by atoms with Crippen molar-refractivity contribution in [2.45, 2.75) is 124 Å². The van der Waals surface area contributed by atoms with Gasteiger partial charge in [0.1, 0.15) is 11.5 Å². The van der Waals surface area contributed by atoms with Gasteiger partial charge in [-0.1, -0.05) is 114 Å². The Bertz CT molecular complexity index is 918. The summed E-state index contributed by atoms with van der Waals surface area (Å²) in [5, 5.41) is 23.0. The van der Waals surface area contributed by atoms with Crippen LogP contribution < -0.4 is 0 Å². The van der Waals surface area contributed by atoms with Crippen molar-refractivity contribution in [2.75, 3.05) is 0 Å². The van der Waals surface area contributed by atoms with Crippen molar-refractivity contribution in [3.63, 3.8) is 0 Å². The van der Waals surface area contributed by atoms with Crippen molar-refractivity contribution >= 4 is 0 Å². The molecule has 2 rings (SSSR count). The third-order valence-corrected chi connectivity index (χ3v) is 6.70. The maximum absolute atomic E-state index is 11.5. The zero-order valence-electron chi connectivity index (χ0n) is 23.5. The summed E-state index contributed by atoms with van der Waals surface area (Å²) >= 11 is 0. The van der Waals surface area contributed by atoms with Crippen molar-refractivity contribution in [1.29, 1.82) is 0 Å². The first kappa shape index (κ1) is 27.3. The molecule has 33 heavy (non-hydrogen) atoms. The van der Waals surface area contributed by atoms with E-state index in [1.54, 1.807) is 0 Å². The Morgan fingerprint density at radius 3 is 1.06 bits per heavy atom. The molecule has 0 aromatic heterocycles. The third-order valence-electron chi connectivity index (χ3n) is 6.70. The van der Waals surface area contributed by atoms with Gasteiger partial charge in [0.15, 0.2) is 0 Å². The predicted molar refractivity (Wildman–Crippen MR) is 143 cm³/mol. The lowest BCUT2D eigenvalue weighted by atomic mass is 9.70. The van der Waals surface area contributed by atoms with Crippen LogP contribution in [0.4, 0.5) is 0 Å². The Kier molecular flexibility index (Phi) is 7.17. The molecule has 0 aliphatic carbocycles. The molecule has 0 spiro atoms. The van der Waals surface area contributed by atoms with Crippen LogP contribution >= 0.6 is 0 Å². The highest BCUT2D eigenvalue weighted by molar-refractivity contribution is 5.58. The zero-order chi connectivity index (χ0) is 25.7. The molecule has 0 saturated carbocycles. The SMILES string of the molecule is CCC(c1ccc(C(C)(C)C)c(O)c1C(C)(C)C)c1ccc(C(C)(C)C)c(O)c1C(C)(C)C. The molecule has 2 aromatic rings. The minimum atomic E-state index is -0.219. The number of rotatable bonds is 3. The van der Waals surface area contributed by atoms with E-state index in [9.17, 15) is 10.2 Å². The number of hydrogen-bond donors (Lipinski definition) is 2. The van der Waals surface area contributed by atoms with E-state index in [2.05, 4.69) is 114 Å². The lowest BCUT2D eigenvalue weighted by Crippen LogP contribution is -2.23. The lowest BCUT2D eigenvalue weighted by molar-refractivity contribution is 0.416. The Balaban J connectivity index is 2.95. The van der Waals surface area contributed by atoms with Gasteiger partial charge in [0.25, 0.3) is 0 Å². The molecule has 0 amide bonds. The summed E-state index contributed by atoms with van der Waals surface area (Å²) in [6, 6.07) is 8.64. The summed E-state index contributed by atoms with van der Waals surface area (Å²) in [7, 11) is 0. The summed E-state index contributed by atoms with van der Waals surface area (Å²) in [6.07, 6.45) is 0.884. The van der Waals surface area contributed by atoms with E-state index in [1.807, 2.05) is 0 Å². The van der Waals surface area contributed by atoms with Gasteiger partial charge in [0, 0.05) is 17.0 Å². The van der Waals surface area contributed by atoms with Crippen molar-refractivity contribution in [3.05, 3.63) is 57.6 Å². The molecule has 2 N–H and O–H groups in total. The second-order valence-electron chi connectivity index (χ2n) is 13.8. The van der Waals surface area contributed by atoms with Crippen molar-refractivity contribution in [2.24, 2.45) is 0 Å². The van der Waals surface area contributed by atoms with Gasteiger partial charge in [0.05, 0.1) is 0 Å². The van der Waals surface area contributed by atoms with E-state index >= 15 is 0 Å². The summed E-state index contributed by atoms with van der Waals surface area (Å²) < 4.78 is 0. The van der Waals surface area contributed by atoms with Gasteiger partial charge in [-0.05, 0) is 50.3 Å². The molecule has 0 heterocycles. The third kappa shape index (κ3) is 5.42. The Labute approximate surface area is 203 Å². The van der Waals surface area contributed by atoms with Gasteiger partial charge in [-0.15, -0.1) is 0 Å². The largest absolute Gasteiger partial charge is 0.507 e. The molecule has 0 atom stereocenters. The average molecular weight is 453 g/mol. The number of phenolic OH excluding ortho intramolecular Hbond substituents is 2. The molecular formula is C31H48O2. The van der Waals surface area contributed by atoms with Crippen LogP contribution in [0.15, 0.2) is 24.3 Å². The molecule has 0 unspecified atom stereocenters. The molecule has 0 saturated heterocycles. The molecule has 0 aliphatic rings. The average Bonchev–Trinajstić information content (AvgIpc) is 2.57. The van der Waals surface area contributed by atoms with Crippen molar-refractivity contribution in [3.8, 4) is 11.5 Å². The second kappa shape index (κ2) is 8.67. The molecule has 0 bridgehead atoms. The molecule has 0 aliphatic heterocycles. The van der Waals surface area contributed by atoms with Gasteiger partial charge >= 0.3 is 0 Å². The molecule has 0 radical (unpaired) electrons. The van der Waals surface area contributed by atoms with Crippen LogP contribution in [0, 0.1) is 0 Å². The lowest BCUT2D eigenvalue weighted by Gasteiger charge is -2.35. The highest BCUT2D eigenvalue weighted by atomic mass is 16.3. The fraction of sp³-hybridized carbons (Fsp3) is 0.613. The molecule has 0 fully saturated rings. The maximum Gasteiger partial charge on any atom is 0.123 e. The fourth-order valence-electron chi connectivity index (χ4n) is 5.19. The normalized spacial score (nSPS) is 13.6. The van der Waals surface area contributed by atoms with E-state index in [0.29, 0.717) is 11.5 Å². The van der Waals surface area contributed by atoms with E-state index in [-0.39, 0.29) is 27.6 Å². The minimum absolute atomic E-state index is 0.0771. The van der Waals surface area contributed by atoms with Gasteiger partial charge in [0.2, 0.25) is 0 Å². The zero-order valence-corrected chi connectivity index (χ0v) is 23.5. The molecule has 2 heteroatoms. The van der Waals surface area contributed by atoms with Crippen LogP contribution in [-0.2, 0) is 21.7 Å². The van der Waals surface area contributed by atoms with Crippen LogP contribution in [0.1, 0.15) is 136 Å². The quantitative estimate of drug-likeness (QED) is 0.488. The molecule has 2 nitrogen and oxygen atoms in total. The summed E-state index contributed by atoms with van der Waals surface area (Å²) in [5.74, 6) is 0.908. The standard InChI is InChI=1S/C31H48O2/c1-14-19(20-15-17-22(28(2,3)4)26(32)24(20)30(8,9)10)21-16-18-23(29(5,6)7)27(33)25(21)31(11,12)13/h15-19,32-33H,14H2,1-13H3. The fourth-order valence-corrected chi connectivity index (χ4v) is 5.19. The summed E-state index contributed by atoms with van der Waals surface area (Å²) in [6.45, 7) is 28.1. The highest BCUT2D eigenvalue weighted by Gasteiger charge is 2.34. The van der Waals surface area contributed by atoms with Crippen LogP contribution in [0.5, 0.6) is 11.5 Å². The first-order valence-corrected chi connectivity index (χ1v) is 12.5. The molecule has 2 aromatic carbocycles. The van der Waals surface area contributed by atoms with E-state index in [4.69, 9.17) is 0 Å². The Morgan fingerprint density at radius 2 is 0.848 bits per heavy atom. The Hall–Kier alpha value is -1.96. The van der Waals surface area contributed by atoms with E-state index in [1.165, 1.54) is 0 Å². The number of benzene rings is 2. The first-order chi connectivity index (χ1) is 14.7. The van der Waals surface area contributed by atoms with E-state index in [0.717, 1.165) is 39.8 Å². The molecular weight excluding hydrogens is 404 g/mol. The Morgan fingerprint density at radius 1 is 0.545 bits per heavy atom. The maximum atomic E-state index is 11.5. The molecule has 184 valence electrons. The van der Waals surface area contributed by atoms with E-state index < -0.39 is 0 Å². The van der Waals surface area contributed by atoms with Gasteiger partial charge in [-0.2, -0.15) is 0 Å². The van der Waals surface area contributed by atoms with Gasteiger partial charge in [-0.25, -0.2) is 0 Å². The number of aromatic hydroxyl groups is 2. The highest BCUT2D eigenvalue weighted by Crippen LogP contribution is 2.49. The minimum Gasteiger partial charge on any atom is -0.507 e. The van der Waals surface area contributed by atoms with Gasteiger partial charge < -0.3 is 10.2 Å². The van der Waals surface area contributed by atoms with Crippen LogP contribution in [0.25, 0.3) is 0 Å². The monoisotopic (exact) mass is 452 g/mol. The van der Waals surface area contributed by atoms with Crippen LogP contribution in [0.2, 0.25) is 0 Å².